The van der Waals surface area contributed by atoms with Gasteiger partial charge in [0.15, 0.2) is 0 Å². The molecule has 0 aromatic heterocycles. The Morgan fingerprint density at radius 1 is 0.941 bits per heavy atom. The van der Waals surface area contributed by atoms with Crippen molar-refractivity contribution < 1.29 is 4.74 Å². The van der Waals surface area contributed by atoms with E-state index in [1.54, 1.807) is 0 Å². The van der Waals surface area contributed by atoms with Crippen molar-refractivity contribution in [2.45, 2.75) is 57.4 Å². The molecule has 3 atom stereocenters. The summed E-state index contributed by atoms with van der Waals surface area (Å²) in [5.41, 5.74) is 0. The Kier molecular flexibility index (Phi) is 4.02. The third kappa shape index (κ3) is 3.45. The van der Waals surface area contributed by atoms with Crippen molar-refractivity contribution in [1.29, 1.82) is 0 Å². The lowest BCUT2D eigenvalue weighted by atomic mass is 9.82. The molecule has 0 aromatic rings. The Balaban J connectivity index is 1.38. The molecule has 0 amide bonds. The minimum Gasteiger partial charge on any atom is -0.381 e. The second-order valence-corrected chi connectivity index (χ2v) is 6.45. The Hall–Kier alpha value is -0.0800. The molecule has 3 fully saturated rings. The van der Waals surface area contributed by atoms with Crippen LogP contribution >= 0.6 is 0 Å². The maximum Gasteiger partial charge on any atom is 0.0506 e. The maximum absolute atomic E-state index is 5.55. The molecule has 0 bridgehead atoms. The van der Waals surface area contributed by atoms with Crippen molar-refractivity contribution in [3.8, 4) is 0 Å². The molecule has 3 unspecified atom stereocenters. The van der Waals surface area contributed by atoms with Gasteiger partial charge in [0, 0.05) is 19.2 Å². The molecular formula is C15H27NO. The third-order valence-electron chi connectivity index (χ3n) is 4.95. The number of rotatable bonds is 4. The molecule has 2 aliphatic carbocycles. The minimum atomic E-state index is 0.782. The molecular weight excluding hydrogens is 210 g/mol. The average molecular weight is 237 g/mol. The highest BCUT2D eigenvalue weighted by Gasteiger charge is 2.34. The van der Waals surface area contributed by atoms with Crippen molar-refractivity contribution in [3.63, 3.8) is 0 Å². The van der Waals surface area contributed by atoms with Gasteiger partial charge in [0.05, 0.1) is 6.61 Å². The molecule has 1 aliphatic heterocycles. The predicted molar refractivity (Wildman–Crippen MR) is 70.0 cm³/mol. The van der Waals surface area contributed by atoms with Crippen LogP contribution in [0.3, 0.4) is 0 Å². The van der Waals surface area contributed by atoms with Gasteiger partial charge in [0.25, 0.3) is 0 Å². The molecule has 3 aliphatic rings. The summed E-state index contributed by atoms with van der Waals surface area (Å²) < 4.78 is 5.55. The van der Waals surface area contributed by atoms with Gasteiger partial charge in [-0.15, -0.1) is 0 Å². The van der Waals surface area contributed by atoms with Gasteiger partial charge in [-0.25, -0.2) is 0 Å². The zero-order valence-electron chi connectivity index (χ0n) is 11.0. The van der Waals surface area contributed by atoms with Crippen LogP contribution in [0.2, 0.25) is 0 Å². The fourth-order valence-electron chi connectivity index (χ4n) is 3.71. The van der Waals surface area contributed by atoms with E-state index in [0.29, 0.717) is 0 Å². The molecule has 2 saturated carbocycles. The van der Waals surface area contributed by atoms with Crippen LogP contribution in [0.4, 0.5) is 0 Å². The summed E-state index contributed by atoms with van der Waals surface area (Å²) in [5.74, 6) is 2.95. The van der Waals surface area contributed by atoms with Gasteiger partial charge in [0.2, 0.25) is 0 Å². The molecule has 0 radical (unpaired) electrons. The van der Waals surface area contributed by atoms with E-state index in [4.69, 9.17) is 4.74 Å². The Labute approximate surface area is 105 Å². The van der Waals surface area contributed by atoms with E-state index >= 15 is 0 Å². The second kappa shape index (κ2) is 5.71. The van der Waals surface area contributed by atoms with Gasteiger partial charge in [-0.3, -0.25) is 0 Å². The lowest BCUT2D eigenvalue weighted by Crippen LogP contribution is -2.39. The zero-order valence-corrected chi connectivity index (χ0v) is 11.0. The lowest BCUT2D eigenvalue weighted by Gasteiger charge is -2.32. The first-order valence-electron chi connectivity index (χ1n) is 7.73. The molecule has 98 valence electrons. The molecule has 3 rings (SSSR count). The second-order valence-electron chi connectivity index (χ2n) is 6.45. The number of hydrogen-bond acceptors (Lipinski definition) is 2. The van der Waals surface area contributed by atoms with Crippen molar-refractivity contribution in [2.75, 3.05) is 19.8 Å². The molecule has 17 heavy (non-hydrogen) atoms. The standard InChI is InChI=1S/C15H27NO/c1-4-14(13-6-7-13)9-15(5-1)16-10-12-3-2-8-17-11-12/h12-16H,1-11H2. The highest BCUT2D eigenvalue weighted by atomic mass is 16.5. The minimum absolute atomic E-state index is 0.782. The fourth-order valence-corrected chi connectivity index (χ4v) is 3.71. The summed E-state index contributed by atoms with van der Waals surface area (Å²) in [6.07, 6.45) is 11.5. The third-order valence-corrected chi connectivity index (χ3v) is 4.95. The highest BCUT2D eigenvalue weighted by molar-refractivity contribution is 4.88. The quantitative estimate of drug-likeness (QED) is 0.811. The van der Waals surface area contributed by atoms with Crippen molar-refractivity contribution in [3.05, 3.63) is 0 Å². The summed E-state index contributed by atoms with van der Waals surface area (Å²) >= 11 is 0. The summed E-state index contributed by atoms with van der Waals surface area (Å²) in [5, 5.41) is 3.82. The summed E-state index contributed by atoms with van der Waals surface area (Å²) in [7, 11) is 0. The largest absolute Gasteiger partial charge is 0.381 e. The Bertz CT molecular complexity index is 233. The first kappa shape index (κ1) is 12.0. The monoisotopic (exact) mass is 237 g/mol. The van der Waals surface area contributed by atoms with Gasteiger partial charge in [-0.05, 0) is 56.3 Å². The SMILES string of the molecule is C1COCC(CNC2CCCC(C3CC3)C2)C1. The van der Waals surface area contributed by atoms with Gasteiger partial charge in [-0.1, -0.05) is 12.8 Å². The number of hydrogen-bond donors (Lipinski definition) is 1. The van der Waals surface area contributed by atoms with E-state index in [9.17, 15) is 0 Å². The first-order chi connectivity index (χ1) is 8.42. The van der Waals surface area contributed by atoms with E-state index < -0.39 is 0 Å². The maximum atomic E-state index is 5.55. The molecule has 2 nitrogen and oxygen atoms in total. The smallest absolute Gasteiger partial charge is 0.0506 e. The number of ether oxygens (including phenoxy) is 1. The van der Waals surface area contributed by atoms with Crippen molar-refractivity contribution in [1.82, 2.24) is 5.32 Å². The fraction of sp³-hybridized carbons (Fsp3) is 1.00. The van der Waals surface area contributed by atoms with Crippen LogP contribution in [0.15, 0.2) is 0 Å². The van der Waals surface area contributed by atoms with Gasteiger partial charge in [0.1, 0.15) is 0 Å². The highest BCUT2D eigenvalue weighted by Crippen LogP contribution is 2.43. The Morgan fingerprint density at radius 3 is 2.65 bits per heavy atom. The van der Waals surface area contributed by atoms with E-state index in [1.165, 1.54) is 57.9 Å². The average Bonchev–Trinajstić information content (AvgIpc) is 3.22. The van der Waals surface area contributed by atoms with Crippen LogP contribution in [0.1, 0.15) is 51.4 Å². The molecule has 0 spiro atoms. The van der Waals surface area contributed by atoms with Crippen molar-refractivity contribution >= 4 is 0 Å². The molecule has 1 N–H and O–H groups in total. The van der Waals surface area contributed by atoms with E-state index in [1.807, 2.05) is 0 Å². The molecule has 2 heteroatoms. The van der Waals surface area contributed by atoms with E-state index in [-0.39, 0.29) is 0 Å². The lowest BCUT2D eigenvalue weighted by molar-refractivity contribution is 0.0527. The number of nitrogens with one attached hydrogen (secondary N) is 1. The van der Waals surface area contributed by atoms with Gasteiger partial charge in [-0.2, -0.15) is 0 Å². The predicted octanol–water partition coefficient (Wildman–Crippen LogP) is 2.97. The van der Waals surface area contributed by atoms with Gasteiger partial charge < -0.3 is 10.1 Å². The van der Waals surface area contributed by atoms with Crippen LogP contribution in [-0.2, 0) is 4.74 Å². The summed E-state index contributed by atoms with van der Waals surface area (Å²) in [6, 6.07) is 0.816. The summed E-state index contributed by atoms with van der Waals surface area (Å²) in [4.78, 5) is 0. The normalized spacial score (nSPS) is 39.2. The Morgan fingerprint density at radius 2 is 1.88 bits per heavy atom. The topological polar surface area (TPSA) is 21.3 Å². The van der Waals surface area contributed by atoms with Crippen LogP contribution in [0.25, 0.3) is 0 Å². The van der Waals surface area contributed by atoms with Crippen LogP contribution in [-0.4, -0.2) is 25.8 Å². The van der Waals surface area contributed by atoms with Gasteiger partial charge >= 0.3 is 0 Å². The van der Waals surface area contributed by atoms with Crippen LogP contribution in [0, 0.1) is 17.8 Å². The molecule has 0 aromatic carbocycles. The first-order valence-corrected chi connectivity index (χ1v) is 7.73. The van der Waals surface area contributed by atoms with Crippen LogP contribution < -0.4 is 5.32 Å². The summed E-state index contributed by atoms with van der Waals surface area (Å²) in [6.45, 7) is 3.18. The van der Waals surface area contributed by atoms with Crippen LogP contribution in [0.5, 0.6) is 0 Å². The van der Waals surface area contributed by atoms with E-state index in [2.05, 4.69) is 5.32 Å². The molecule has 1 saturated heterocycles. The van der Waals surface area contributed by atoms with Crippen molar-refractivity contribution in [2.24, 2.45) is 17.8 Å². The zero-order chi connectivity index (χ0) is 11.5. The molecule has 1 heterocycles. The van der Waals surface area contributed by atoms with E-state index in [0.717, 1.165) is 37.0 Å².